The number of piperazine rings is 1. The van der Waals surface area contributed by atoms with Gasteiger partial charge in [-0.1, -0.05) is 36.4 Å². The third kappa shape index (κ3) is 9.52. The summed E-state index contributed by atoms with van der Waals surface area (Å²) in [4.78, 5) is 64.0. The summed E-state index contributed by atoms with van der Waals surface area (Å²) < 4.78 is 11.8. The first-order valence-electron chi connectivity index (χ1n) is 21.6. The second-order valence-electron chi connectivity index (χ2n) is 17.0. The highest BCUT2D eigenvalue weighted by Crippen LogP contribution is 2.29. The first-order chi connectivity index (χ1) is 28.6. The Balaban J connectivity index is 0.832. The topological polar surface area (TPSA) is 135 Å². The molecule has 59 heavy (non-hydrogen) atoms. The minimum atomic E-state index is -1.02. The van der Waals surface area contributed by atoms with E-state index in [-0.39, 0.29) is 42.7 Å². The van der Waals surface area contributed by atoms with E-state index < -0.39 is 12.2 Å². The number of piperidine rings is 2. The van der Waals surface area contributed by atoms with Crippen molar-refractivity contribution in [3.8, 4) is 11.5 Å². The number of fused-ring (bicyclic) bond motifs is 2. The molecule has 3 fully saturated rings. The fourth-order valence-electron chi connectivity index (χ4n) is 9.75. The Morgan fingerprint density at radius 1 is 0.763 bits per heavy atom. The summed E-state index contributed by atoms with van der Waals surface area (Å²) in [6.07, 6.45) is 5.59. The Kier molecular flexibility index (Phi) is 12.4. The number of aryl methyl sites for hydroxylation is 4. The number of benzene rings is 3. The molecule has 4 heterocycles. The number of phenolic OH excluding ortho intramolecular Hbond substituents is 1. The van der Waals surface area contributed by atoms with Gasteiger partial charge in [0.15, 0.2) is 6.10 Å². The van der Waals surface area contributed by atoms with Crippen LogP contribution in [0.5, 0.6) is 11.5 Å². The molecule has 13 nitrogen and oxygen atoms in total. The van der Waals surface area contributed by atoms with Crippen LogP contribution >= 0.6 is 0 Å². The van der Waals surface area contributed by atoms with E-state index in [1.807, 2.05) is 72.2 Å². The average Bonchev–Trinajstić information content (AvgIpc) is 3.64. The maximum atomic E-state index is 14.3. The van der Waals surface area contributed by atoms with Crippen molar-refractivity contribution in [3.63, 3.8) is 0 Å². The number of carbonyl (C=O) groups is 4. The lowest BCUT2D eigenvalue weighted by atomic mass is 9.98. The normalized spacial score (nSPS) is 20.0. The zero-order valence-corrected chi connectivity index (χ0v) is 34.5. The molecule has 0 saturated carbocycles. The van der Waals surface area contributed by atoms with E-state index >= 15 is 0 Å². The Morgan fingerprint density at radius 3 is 2.19 bits per heavy atom. The van der Waals surface area contributed by atoms with E-state index in [0.717, 1.165) is 81.5 Å². The lowest BCUT2D eigenvalue weighted by Gasteiger charge is -2.43. The number of hydrogen-bond acceptors (Lipinski definition) is 9. The van der Waals surface area contributed by atoms with Crippen LogP contribution in [-0.2, 0) is 40.0 Å². The molecule has 13 heteroatoms. The molecule has 3 aromatic rings. The van der Waals surface area contributed by atoms with Crippen molar-refractivity contribution in [1.29, 1.82) is 0 Å². The summed E-state index contributed by atoms with van der Waals surface area (Å²) in [5, 5.41) is 13.5. The summed E-state index contributed by atoms with van der Waals surface area (Å²) in [6, 6.07) is 17.8. The van der Waals surface area contributed by atoms with Crippen LogP contribution in [0.2, 0.25) is 0 Å². The predicted octanol–water partition coefficient (Wildman–Crippen LogP) is 5.31. The largest absolute Gasteiger partial charge is 0.507 e. The van der Waals surface area contributed by atoms with Gasteiger partial charge in [0.1, 0.15) is 11.5 Å². The third-order valence-corrected chi connectivity index (χ3v) is 13.1. The lowest BCUT2D eigenvalue weighted by molar-refractivity contribution is -0.142. The number of ether oxygens (including phenoxy) is 2. The molecule has 4 amide bonds. The van der Waals surface area contributed by atoms with E-state index in [9.17, 15) is 24.3 Å². The minimum absolute atomic E-state index is 0.00498. The molecule has 0 bridgehead atoms. The first-order valence-corrected chi connectivity index (χ1v) is 21.6. The summed E-state index contributed by atoms with van der Waals surface area (Å²) in [7, 11) is 0. The second-order valence-corrected chi connectivity index (χ2v) is 17.0. The number of phenols is 1. The molecule has 0 unspecified atom stereocenters. The summed E-state index contributed by atoms with van der Waals surface area (Å²) >= 11 is 0. The van der Waals surface area contributed by atoms with E-state index in [0.29, 0.717) is 68.5 Å². The number of carbonyl (C=O) groups excluding carboxylic acids is 4. The molecule has 0 aromatic heterocycles. The molecular weight excluding hydrogens is 749 g/mol. The molecule has 0 radical (unpaired) electrons. The van der Waals surface area contributed by atoms with Crippen LogP contribution in [-0.4, -0.2) is 137 Å². The third-order valence-electron chi connectivity index (χ3n) is 13.1. The maximum absolute atomic E-state index is 14.3. The van der Waals surface area contributed by atoms with Gasteiger partial charge in [0.25, 0.3) is 5.91 Å². The maximum Gasteiger partial charge on any atom is 0.410 e. The van der Waals surface area contributed by atoms with Gasteiger partial charge in [-0.3, -0.25) is 19.4 Å². The van der Waals surface area contributed by atoms with Gasteiger partial charge in [0.05, 0.1) is 6.54 Å². The quantitative estimate of drug-likeness (QED) is 0.218. The minimum Gasteiger partial charge on any atom is -0.507 e. The molecule has 4 aliphatic heterocycles. The van der Waals surface area contributed by atoms with Crippen molar-refractivity contribution in [2.75, 3.05) is 70.8 Å². The highest BCUT2D eigenvalue weighted by molar-refractivity contribution is 5.91. The second kappa shape index (κ2) is 18.0. The number of para-hydroxylation sites is 1. The summed E-state index contributed by atoms with van der Waals surface area (Å²) in [5.74, 6) is 0.417. The van der Waals surface area contributed by atoms with Gasteiger partial charge >= 0.3 is 18.1 Å². The standard InChI is InChI=1S/C46H58N6O7/c1-31-26-33(27-32(2)43(31)54)28-41(59-46(57)51-19-15-38(16-20-51)52-21-12-35-6-3-4-9-40(35)47-45(52)56)44(55)50-17-13-37(14-18-50)49-24-22-48(23-25-49)30-42(53)58-39-11-10-34-7-5-8-36(34)29-39/h3-4,6,9-11,26-27,29,37-38,41,54H,5,7-8,12-25,28,30H2,1-2H3,(H,47,56)/t41-/m1/s1. The van der Waals surface area contributed by atoms with Crippen LogP contribution in [0.1, 0.15) is 65.5 Å². The molecule has 1 aliphatic carbocycles. The predicted molar refractivity (Wildman–Crippen MR) is 224 cm³/mol. The molecular formula is C46H58N6O7. The number of anilines is 1. The number of hydrogen-bond donors (Lipinski definition) is 2. The monoisotopic (exact) mass is 806 g/mol. The van der Waals surface area contributed by atoms with E-state index in [2.05, 4.69) is 21.2 Å². The Bertz CT molecular complexity index is 2010. The van der Waals surface area contributed by atoms with E-state index in [4.69, 9.17) is 9.47 Å². The molecule has 1 atom stereocenters. The number of aromatic hydroxyl groups is 1. The molecule has 314 valence electrons. The van der Waals surface area contributed by atoms with Gasteiger partial charge in [-0.15, -0.1) is 0 Å². The highest BCUT2D eigenvalue weighted by Gasteiger charge is 2.37. The number of amides is 4. The number of nitrogens with one attached hydrogen (secondary N) is 1. The van der Waals surface area contributed by atoms with Crippen LogP contribution in [0.4, 0.5) is 15.3 Å². The molecule has 8 rings (SSSR count). The molecule has 3 saturated heterocycles. The van der Waals surface area contributed by atoms with Crippen LogP contribution in [0.25, 0.3) is 0 Å². The fraction of sp³-hybridized carbons (Fsp3) is 0.522. The van der Waals surface area contributed by atoms with Crippen molar-refractivity contribution < 1.29 is 33.8 Å². The zero-order valence-electron chi connectivity index (χ0n) is 34.5. The van der Waals surface area contributed by atoms with Gasteiger partial charge in [-0.2, -0.15) is 0 Å². The Labute approximate surface area is 347 Å². The van der Waals surface area contributed by atoms with E-state index in [1.165, 1.54) is 11.1 Å². The molecule has 0 spiro atoms. The number of urea groups is 1. The number of esters is 1. The zero-order chi connectivity index (χ0) is 41.0. The van der Waals surface area contributed by atoms with Crippen molar-refractivity contribution >= 4 is 29.7 Å². The van der Waals surface area contributed by atoms with Crippen LogP contribution in [0.15, 0.2) is 54.6 Å². The lowest BCUT2D eigenvalue weighted by Crippen LogP contribution is -2.55. The van der Waals surface area contributed by atoms with E-state index in [1.54, 1.807) is 4.90 Å². The van der Waals surface area contributed by atoms with Gasteiger partial charge in [0, 0.05) is 83.1 Å². The van der Waals surface area contributed by atoms with Crippen LogP contribution in [0.3, 0.4) is 0 Å². The number of likely N-dealkylation sites (tertiary alicyclic amines) is 2. The number of nitrogens with zero attached hydrogens (tertiary/aromatic N) is 5. The average molecular weight is 807 g/mol. The first kappa shape index (κ1) is 40.6. The van der Waals surface area contributed by atoms with Crippen molar-refractivity contribution in [1.82, 2.24) is 24.5 Å². The van der Waals surface area contributed by atoms with Gasteiger partial charge in [0.2, 0.25) is 0 Å². The molecule has 2 N–H and O–H groups in total. The van der Waals surface area contributed by atoms with Crippen LogP contribution in [0, 0.1) is 13.8 Å². The summed E-state index contributed by atoms with van der Waals surface area (Å²) in [5.41, 5.74) is 6.84. The molecule has 5 aliphatic rings. The van der Waals surface area contributed by atoms with Crippen molar-refractivity contribution in [2.45, 2.75) is 89.8 Å². The van der Waals surface area contributed by atoms with Crippen molar-refractivity contribution in [2.24, 2.45) is 0 Å². The van der Waals surface area contributed by atoms with Gasteiger partial charge < -0.3 is 34.6 Å². The fourth-order valence-corrected chi connectivity index (χ4v) is 9.75. The van der Waals surface area contributed by atoms with Crippen LogP contribution < -0.4 is 10.1 Å². The highest BCUT2D eigenvalue weighted by atomic mass is 16.6. The summed E-state index contributed by atoms with van der Waals surface area (Å²) in [6.45, 7) is 9.74. The molecule has 3 aromatic carbocycles. The Hall–Kier alpha value is -5.14. The Morgan fingerprint density at radius 2 is 1.44 bits per heavy atom. The van der Waals surface area contributed by atoms with Crippen molar-refractivity contribution in [3.05, 3.63) is 88.0 Å². The number of rotatable bonds is 9. The SMILES string of the molecule is Cc1cc(C[C@@H](OC(=O)N2CCC(N3CCc4ccccc4NC3=O)CC2)C(=O)N2CCC(N3CCN(CC(=O)Oc4ccc5c(c4)CCC5)CC3)CC2)cc(C)c1O. The van der Waals surface area contributed by atoms with Gasteiger partial charge in [-0.25, -0.2) is 9.59 Å². The van der Waals surface area contributed by atoms with Gasteiger partial charge in [-0.05, 0) is 117 Å². The smallest absolute Gasteiger partial charge is 0.410 e.